The highest BCUT2D eigenvalue weighted by Gasteiger charge is 2.30. The number of nitrogens with zero attached hydrogens (tertiary/aromatic N) is 1. The van der Waals surface area contributed by atoms with E-state index < -0.39 is 10.0 Å². The monoisotopic (exact) mass is 353 g/mol. The van der Waals surface area contributed by atoms with E-state index in [-0.39, 0.29) is 10.8 Å². The van der Waals surface area contributed by atoms with E-state index in [1.54, 1.807) is 13.0 Å². The van der Waals surface area contributed by atoms with Crippen molar-refractivity contribution in [1.82, 2.24) is 9.62 Å². The summed E-state index contributed by atoms with van der Waals surface area (Å²) in [5.41, 5.74) is 7.25. The number of hydrogen-bond acceptors (Lipinski definition) is 4. The molecule has 6 nitrogen and oxygen atoms in total. The van der Waals surface area contributed by atoms with Crippen molar-refractivity contribution in [1.29, 1.82) is 0 Å². The second-order valence-corrected chi connectivity index (χ2v) is 8.45. The van der Waals surface area contributed by atoms with E-state index in [1.807, 2.05) is 6.92 Å². The van der Waals surface area contributed by atoms with Crippen LogP contribution in [0.25, 0.3) is 0 Å². The number of nitrogens with two attached hydrogens (primary N) is 1. The van der Waals surface area contributed by atoms with Crippen LogP contribution >= 0.6 is 0 Å². The minimum Gasteiger partial charge on any atom is -0.351 e. The maximum Gasteiger partial charge on any atom is 0.251 e. The second kappa shape index (κ2) is 7.63. The summed E-state index contributed by atoms with van der Waals surface area (Å²) in [7, 11) is -3.59. The first-order valence-corrected chi connectivity index (χ1v) is 9.81. The zero-order valence-electron chi connectivity index (χ0n) is 14.6. The Hall–Kier alpha value is -1.44. The van der Waals surface area contributed by atoms with Gasteiger partial charge in [0.1, 0.15) is 0 Å². The normalized spacial score (nSPS) is 17.0. The molecule has 1 aliphatic heterocycles. The van der Waals surface area contributed by atoms with Crippen molar-refractivity contribution in [3.8, 4) is 0 Å². The highest BCUT2D eigenvalue weighted by atomic mass is 32.2. The molecule has 0 atom stereocenters. The molecule has 3 N–H and O–H groups in total. The summed E-state index contributed by atoms with van der Waals surface area (Å²) in [6.07, 6.45) is 1.74. The van der Waals surface area contributed by atoms with Gasteiger partial charge in [-0.25, -0.2) is 8.42 Å². The lowest BCUT2D eigenvalue weighted by atomic mass is 10.0. The molecule has 1 saturated heterocycles. The average molecular weight is 353 g/mol. The van der Waals surface area contributed by atoms with Crippen molar-refractivity contribution >= 4 is 15.9 Å². The van der Waals surface area contributed by atoms with E-state index in [0.717, 1.165) is 18.4 Å². The predicted octanol–water partition coefficient (Wildman–Crippen LogP) is 1.41. The molecule has 0 bridgehead atoms. The molecule has 1 aliphatic rings. The number of piperidine rings is 1. The van der Waals surface area contributed by atoms with Gasteiger partial charge in [-0.3, -0.25) is 4.79 Å². The lowest BCUT2D eigenvalue weighted by molar-refractivity contribution is 0.0954. The van der Waals surface area contributed by atoms with Gasteiger partial charge < -0.3 is 11.1 Å². The number of carbonyl (C=O) groups is 1. The number of nitrogens with one attached hydrogen (secondary N) is 1. The van der Waals surface area contributed by atoms with Gasteiger partial charge in [0, 0.05) is 31.7 Å². The summed E-state index contributed by atoms with van der Waals surface area (Å²) < 4.78 is 27.6. The molecule has 1 heterocycles. The van der Waals surface area contributed by atoms with Crippen LogP contribution in [0.1, 0.15) is 41.3 Å². The fourth-order valence-electron chi connectivity index (χ4n) is 2.88. The topological polar surface area (TPSA) is 92.5 Å². The molecule has 0 saturated carbocycles. The number of rotatable bonds is 5. The third kappa shape index (κ3) is 3.96. The van der Waals surface area contributed by atoms with E-state index in [0.29, 0.717) is 43.2 Å². The molecule has 0 aliphatic carbocycles. The maximum absolute atomic E-state index is 13.0. The van der Waals surface area contributed by atoms with Gasteiger partial charge in [-0.05, 0) is 55.9 Å². The van der Waals surface area contributed by atoms with Gasteiger partial charge >= 0.3 is 0 Å². The molecule has 1 aromatic rings. The van der Waals surface area contributed by atoms with Gasteiger partial charge in [0.25, 0.3) is 5.91 Å². The smallest absolute Gasteiger partial charge is 0.251 e. The Balaban J connectivity index is 2.38. The van der Waals surface area contributed by atoms with Crippen LogP contribution in [-0.4, -0.2) is 44.8 Å². The molecular formula is C17H27N3O3S. The Morgan fingerprint density at radius 2 is 1.92 bits per heavy atom. The van der Waals surface area contributed by atoms with Crippen LogP contribution in [0.5, 0.6) is 0 Å². The molecule has 0 unspecified atom stereocenters. The van der Waals surface area contributed by atoms with Crippen LogP contribution in [0.15, 0.2) is 17.0 Å². The average Bonchev–Trinajstić information content (AvgIpc) is 2.55. The van der Waals surface area contributed by atoms with Crippen molar-refractivity contribution < 1.29 is 13.2 Å². The van der Waals surface area contributed by atoms with Gasteiger partial charge in [-0.2, -0.15) is 4.31 Å². The van der Waals surface area contributed by atoms with Gasteiger partial charge in [0.2, 0.25) is 10.0 Å². The molecule has 0 radical (unpaired) electrons. The van der Waals surface area contributed by atoms with Crippen LogP contribution < -0.4 is 11.1 Å². The summed E-state index contributed by atoms with van der Waals surface area (Å²) in [6, 6.07) is 3.21. The second-order valence-electron chi connectivity index (χ2n) is 6.55. The fourth-order valence-corrected chi connectivity index (χ4v) is 4.67. The van der Waals surface area contributed by atoms with E-state index in [2.05, 4.69) is 12.2 Å². The highest BCUT2D eigenvalue weighted by molar-refractivity contribution is 7.89. The van der Waals surface area contributed by atoms with E-state index in [1.165, 1.54) is 10.4 Å². The maximum atomic E-state index is 13.0. The summed E-state index contributed by atoms with van der Waals surface area (Å²) in [5.74, 6) is 0.250. The lowest BCUT2D eigenvalue weighted by Crippen LogP contribution is -2.38. The van der Waals surface area contributed by atoms with Crippen molar-refractivity contribution in [3.05, 3.63) is 28.8 Å². The van der Waals surface area contributed by atoms with Crippen molar-refractivity contribution in [2.45, 2.75) is 38.5 Å². The third-order valence-electron chi connectivity index (χ3n) is 4.67. The predicted molar refractivity (Wildman–Crippen MR) is 94.5 cm³/mol. The number of hydrogen-bond donors (Lipinski definition) is 2. The van der Waals surface area contributed by atoms with E-state index in [4.69, 9.17) is 5.73 Å². The Kier molecular flexibility index (Phi) is 6.01. The molecule has 1 fully saturated rings. The quantitative estimate of drug-likeness (QED) is 0.837. The highest BCUT2D eigenvalue weighted by Crippen LogP contribution is 2.27. The van der Waals surface area contributed by atoms with E-state index >= 15 is 0 Å². The molecule has 134 valence electrons. The molecular weight excluding hydrogens is 326 g/mol. The minimum atomic E-state index is -3.59. The van der Waals surface area contributed by atoms with Gasteiger partial charge in [-0.15, -0.1) is 0 Å². The molecule has 0 spiro atoms. The third-order valence-corrected chi connectivity index (χ3v) is 6.70. The van der Waals surface area contributed by atoms with Crippen LogP contribution in [0.3, 0.4) is 0 Å². The van der Waals surface area contributed by atoms with Crippen LogP contribution in [0.2, 0.25) is 0 Å². The van der Waals surface area contributed by atoms with Crippen molar-refractivity contribution in [2.24, 2.45) is 11.7 Å². The Labute approximate surface area is 144 Å². The van der Waals surface area contributed by atoms with Gasteiger partial charge in [0.15, 0.2) is 0 Å². The fraction of sp³-hybridized carbons (Fsp3) is 0.588. The summed E-state index contributed by atoms with van der Waals surface area (Å²) in [5, 5.41) is 2.69. The Morgan fingerprint density at radius 1 is 1.29 bits per heavy atom. The summed E-state index contributed by atoms with van der Waals surface area (Å²) in [4.78, 5) is 12.4. The Bertz CT molecular complexity index is 708. The molecule has 24 heavy (non-hydrogen) atoms. The zero-order chi connectivity index (χ0) is 17.9. The zero-order valence-corrected chi connectivity index (χ0v) is 15.4. The van der Waals surface area contributed by atoms with Crippen LogP contribution in [0, 0.1) is 19.8 Å². The van der Waals surface area contributed by atoms with E-state index in [9.17, 15) is 13.2 Å². The van der Waals surface area contributed by atoms with Gasteiger partial charge in [0.05, 0.1) is 4.90 Å². The first kappa shape index (κ1) is 18.9. The molecule has 7 heteroatoms. The molecule has 1 aromatic carbocycles. The number of sulfonamides is 1. The van der Waals surface area contributed by atoms with Crippen molar-refractivity contribution in [3.63, 3.8) is 0 Å². The number of aryl methyl sites for hydroxylation is 1. The largest absolute Gasteiger partial charge is 0.351 e. The molecule has 1 amide bonds. The summed E-state index contributed by atoms with van der Waals surface area (Å²) >= 11 is 0. The van der Waals surface area contributed by atoms with Crippen molar-refractivity contribution in [2.75, 3.05) is 26.2 Å². The standard InChI is InChI=1S/C17H27N3O3S/c1-12-4-8-20(9-5-12)24(22,23)16-11-15(10-13(2)14(16)3)17(21)19-7-6-18/h10-12H,4-9,18H2,1-3H3,(H,19,21). The lowest BCUT2D eigenvalue weighted by Gasteiger charge is -2.30. The number of benzene rings is 1. The first-order chi connectivity index (χ1) is 11.3. The summed E-state index contributed by atoms with van der Waals surface area (Å²) in [6.45, 7) is 7.52. The number of carbonyl (C=O) groups excluding carboxylic acids is 1. The van der Waals surface area contributed by atoms with Crippen LogP contribution in [0.4, 0.5) is 0 Å². The number of amides is 1. The van der Waals surface area contributed by atoms with Crippen LogP contribution in [-0.2, 0) is 10.0 Å². The van der Waals surface area contributed by atoms with Gasteiger partial charge in [-0.1, -0.05) is 6.92 Å². The molecule has 2 rings (SSSR count). The minimum absolute atomic E-state index is 0.231. The molecule has 0 aromatic heterocycles. The SMILES string of the molecule is Cc1cc(C(=O)NCCN)cc(S(=O)(=O)N2CCC(C)CC2)c1C. The first-order valence-electron chi connectivity index (χ1n) is 8.37. The Morgan fingerprint density at radius 3 is 2.50 bits per heavy atom.